The first-order valence-corrected chi connectivity index (χ1v) is 10.1. The molecule has 2 aromatic carbocycles. The molecule has 0 unspecified atom stereocenters. The van der Waals surface area contributed by atoms with E-state index in [1.165, 1.54) is 17.5 Å². The Morgan fingerprint density at radius 3 is 2.80 bits per heavy atom. The first-order chi connectivity index (χ1) is 14.7. The van der Waals surface area contributed by atoms with Crippen LogP contribution in [0.5, 0.6) is 0 Å². The van der Waals surface area contributed by atoms with Gasteiger partial charge in [0, 0.05) is 12.4 Å². The van der Waals surface area contributed by atoms with E-state index in [2.05, 4.69) is 19.9 Å². The van der Waals surface area contributed by atoms with Crippen LogP contribution in [0.2, 0.25) is 0 Å². The Balaban J connectivity index is 1.61. The van der Waals surface area contributed by atoms with E-state index in [-0.39, 0.29) is 5.91 Å². The molecule has 0 atom stereocenters. The van der Waals surface area contributed by atoms with Crippen LogP contribution in [0.4, 0.5) is 11.5 Å². The number of hydrogen-bond acceptors (Lipinski definition) is 7. The van der Waals surface area contributed by atoms with Crippen molar-refractivity contribution in [1.29, 1.82) is 0 Å². The van der Waals surface area contributed by atoms with Crippen molar-refractivity contribution < 1.29 is 4.79 Å². The molecule has 7 nitrogen and oxygen atoms in total. The predicted molar refractivity (Wildman–Crippen MR) is 118 cm³/mol. The van der Waals surface area contributed by atoms with Gasteiger partial charge in [0.2, 0.25) is 0 Å². The fourth-order valence-corrected chi connectivity index (χ4v) is 4.16. The van der Waals surface area contributed by atoms with Crippen molar-refractivity contribution in [2.75, 3.05) is 10.6 Å². The number of benzene rings is 2. The summed E-state index contributed by atoms with van der Waals surface area (Å²) in [4.78, 5) is 32.3. The van der Waals surface area contributed by atoms with E-state index in [4.69, 9.17) is 5.73 Å². The second kappa shape index (κ2) is 7.49. The van der Waals surface area contributed by atoms with Crippen LogP contribution in [-0.4, -0.2) is 25.8 Å². The van der Waals surface area contributed by atoms with E-state index in [0.717, 1.165) is 27.0 Å². The molecule has 1 amide bonds. The molecule has 0 aliphatic rings. The lowest BCUT2D eigenvalue weighted by Gasteiger charge is -2.23. The van der Waals surface area contributed by atoms with E-state index in [1.807, 2.05) is 36.4 Å². The molecule has 30 heavy (non-hydrogen) atoms. The SMILES string of the molecule is Nc1cnc2ccc(CN(C(=O)c3cccnc3)c3cccc4ncsc34)cc2n1. The molecule has 0 aliphatic heterocycles. The van der Waals surface area contributed by atoms with Gasteiger partial charge in [-0.25, -0.2) is 9.97 Å². The molecular weight excluding hydrogens is 396 g/mol. The van der Waals surface area contributed by atoms with Gasteiger partial charge in [0.1, 0.15) is 5.82 Å². The summed E-state index contributed by atoms with van der Waals surface area (Å²) in [7, 11) is 0. The van der Waals surface area contributed by atoms with Gasteiger partial charge in [-0.2, -0.15) is 0 Å². The number of carbonyl (C=O) groups excluding carboxylic acids is 1. The third-order valence-corrected chi connectivity index (χ3v) is 5.61. The number of fused-ring (bicyclic) bond motifs is 2. The molecule has 5 aromatic rings. The highest BCUT2D eigenvalue weighted by atomic mass is 32.1. The summed E-state index contributed by atoms with van der Waals surface area (Å²) in [5.41, 5.74) is 12.1. The molecule has 2 N–H and O–H groups in total. The summed E-state index contributed by atoms with van der Waals surface area (Å²) >= 11 is 1.51. The summed E-state index contributed by atoms with van der Waals surface area (Å²) in [5, 5.41) is 0. The molecule has 3 aromatic heterocycles. The minimum absolute atomic E-state index is 0.136. The van der Waals surface area contributed by atoms with Crippen LogP contribution in [0, 0.1) is 0 Å². The quantitative estimate of drug-likeness (QED) is 0.478. The van der Waals surface area contributed by atoms with E-state index in [0.29, 0.717) is 23.4 Å². The second-order valence-corrected chi connectivity index (χ2v) is 7.58. The van der Waals surface area contributed by atoms with E-state index >= 15 is 0 Å². The highest BCUT2D eigenvalue weighted by molar-refractivity contribution is 7.17. The maximum atomic E-state index is 13.5. The molecule has 0 aliphatic carbocycles. The highest BCUT2D eigenvalue weighted by Gasteiger charge is 2.21. The van der Waals surface area contributed by atoms with Crippen LogP contribution in [0.1, 0.15) is 15.9 Å². The van der Waals surface area contributed by atoms with E-state index < -0.39 is 0 Å². The largest absolute Gasteiger partial charge is 0.382 e. The Kier molecular flexibility index (Phi) is 4.53. The van der Waals surface area contributed by atoms with Crippen LogP contribution in [-0.2, 0) is 6.54 Å². The van der Waals surface area contributed by atoms with Crippen molar-refractivity contribution in [3.05, 3.63) is 83.8 Å². The van der Waals surface area contributed by atoms with Crippen molar-refractivity contribution >= 4 is 50.0 Å². The molecule has 5 rings (SSSR count). The number of pyridine rings is 1. The average Bonchev–Trinajstić information content (AvgIpc) is 3.26. The first kappa shape index (κ1) is 18.1. The first-order valence-electron chi connectivity index (χ1n) is 9.24. The summed E-state index contributed by atoms with van der Waals surface area (Å²) < 4.78 is 0.958. The third kappa shape index (κ3) is 3.33. The number of nitrogens with zero attached hydrogens (tertiary/aromatic N) is 5. The van der Waals surface area contributed by atoms with Gasteiger partial charge in [0.25, 0.3) is 5.91 Å². The standard InChI is InChI=1S/C22H16N6OS/c23-20-11-25-16-7-6-14(9-18(16)27-20)12-28(22(29)15-3-2-8-24-10-15)19-5-1-4-17-21(19)30-13-26-17/h1-11,13H,12H2,(H2,23,27). The Labute approximate surface area is 175 Å². The average molecular weight is 412 g/mol. The van der Waals surface area contributed by atoms with Crippen LogP contribution in [0.15, 0.2) is 72.6 Å². The van der Waals surface area contributed by atoms with Gasteiger partial charge in [-0.15, -0.1) is 11.3 Å². The van der Waals surface area contributed by atoms with Gasteiger partial charge in [-0.05, 0) is 42.0 Å². The Bertz CT molecular complexity index is 1370. The lowest BCUT2D eigenvalue weighted by molar-refractivity contribution is 0.0985. The highest BCUT2D eigenvalue weighted by Crippen LogP contribution is 2.32. The van der Waals surface area contributed by atoms with Gasteiger partial charge in [-0.3, -0.25) is 14.8 Å². The summed E-state index contributed by atoms with van der Waals surface area (Å²) in [6.45, 7) is 0.358. The van der Waals surface area contributed by atoms with E-state index in [9.17, 15) is 4.79 Å². The molecule has 8 heteroatoms. The number of aromatic nitrogens is 4. The Morgan fingerprint density at radius 2 is 1.93 bits per heavy atom. The van der Waals surface area contributed by atoms with E-state index in [1.54, 1.807) is 34.9 Å². The zero-order chi connectivity index (χ0) is 20.5. The van der Waals surface area contributed by atoms with Gasteiger partial charge < -0.3 is 10.6 Å². The molecule has 0 radical (unpaired) electrons. The minimum Gasteiger partial charge on any atom is -0.382 e. The van der Waals surface area contributed by atoms with Crippen molar-refractivity contribution in [1.82, 2.24) is 19.9 Å². The van der Waals surface area contributed by atoms with Crippen LogP contribution in [0.3, 0.4) is 0 Å². The maximum Gasteiger partial charge on any atom is 0.260 e. The summed E-state index contributed by atoms with van der Waals surface area (Å²) in [6.07, 6.45) is 4.76. The van der Waals surface area contributed by atoms with Gasteiger partial charge in [0.05, 0.1) is 50.8 Å². The fraction of sp³-hybridized carbons (Fsp3) is 0.0455. The minimum atomic E-state index is -0.136. The number of nitrogen functional groups attached to an aromatic ring is 1. The molecule has 0 fully saturated rings. The Hall–Kier alpha value is -3.91. The number of carbonyl (C=O) groups is 1. The predicted octanol–water partition coefficient (Wildman–Crippen LogP) is 4.06. The number of amides is 1. The molecule has 0 saturated heterocycles. The van der Waals surface area contributed by atoms with Gasteiger partial charge >= 0.3 is 0 Å². The van der Waals surface area contributed by atoms with Crippen LogP contribution in [0.25, 0.3) is 21.3 Å². The van der Waals surface area contributed by atoms with Crippen molar-refractivity contribution in [2.45, 2.75) is 6.54 Å². The molecule has 0 saturated carbocycles. The number of rotatable bonds is 4. The number of thiazole rings is 1. The van der Waals surface area contributed by atoms with Gasteiger partial charge in [-0.1, -0.05) is 12.1 Å². The normalized spacial score (nSPS) is 11.1. The van der Waals surface area contributed by atoms with Crippen LogP contribution >= 0.6 is 11.3 Å². The van der Waals surface area contributed by atoms with Crippen LogP contribution < -0.4 is 10.6 Å². The molecular formula is C22H16N6OS. The zero-order valence-corrected chi connectivity index (χ0v) is 16.6. The smallest absolute Gasteiger partial charge is 0.260 e. The Morgan fingerprint density at radius 1 is 1.00 bits per heavy atom. The fourth-order valence-electron chi connectivity index (χ4n) is 3.35. The number of anilines is 2. The summed E-state index contributed by atoms with van der Waals surface area (Å²) in [5.74, 6) is 0.222. The second-order valence-electron chi connectivity index (χ2n) is 6.73. The lowest BCUT2D eigenvalue weighted by atomic mass is 10.1. The summed E-state index contributed by atoms with van der Waals surface area (Å²) in [6, 6.07) is 15.1. The molecule has 146 valence electrons. The topological polar surface area (TPSA) is 97.9 Å². The molecule has 3 heterocycles. The van der Waals surface area contributed by atoms with Crippen molar-refractivity contribution in [2.24, 2.45) is 0 Å². The molecule has 0 bridgehead atoms. The third-order valence-electron chi connectivity index (χ3n) is 4.75. The zero-order valence-electron chi connectivity index (χ0n) is 15.8. The lowest BCUT2D eigenvalue weighted by Crippen LogP contribution is -2.30. The number of hydrogen-bond donors (Lipinski definition) is 1. The monoisotopic (exact) mass is 412 g/mol. The number of nitrogens with two attached hydrogens (primary N) is 1. The van der Waals surface area contributed by atoms with Crippen molar-refractivity contribution in [3.8, 4) is 0 Å². The maximum absolute atomic E-state index is 13.5. The van der Waals surface area contributed by atoms with Crippen molar-refractivity contribution in [3.63, 3.8) is 0 Å². The molecule has 0 spiro atoms. The van der Waals surface area contributed by atoms with Gasteiger partial charge in [0.15, 0.2) is 0 Å².